The van der Waals surface area contributed by atoms with E-state index in [1.165, 1.54) is 57.8 Å². The summed E-state index contributed by atoms with van der Waals surface area (Å²) >= 11 is 0. The van der Waals surface area contributed by atoms with Crippen LogP contribution < -0.4 is 0 Å². The SMILES string of the molecule is CC1(C)C(O)CCC23CC24CCC2(C)C(CCCO)CCC2C4CCC13. The second-order valence-electron chi connectivity index (χ2n) is 11.9. The molecule has 8 unspecified atom stereocenters. The molecule has 0 amide bonds. The number of fused-ring (bicyclic) bond motifs is 2. The molecule has 5 rings (SSSR count). The zero-order valence-electron chi connectivity index (χ0n) is 17.3. The minimum absolute atomic E-state index is 0.0875. The van der Waals surface area contributed by atoms with E-state index in [0.29, 0.717) is 22.9 Å². The lowest BCUT2D eigenvalue weighted by atomic mass is 9.46. The highest BCUT2D eigenvalue weighted by Crippen LogP contribution is 2.86. The monoisotopic (exact) mass is 360 g/mol. The van der Waals surface area contributed by atoms with Crippen molar-refractivity contribution >= 4 is 0 Å². The Morgan fingerprint density at radius 3 is 2.38 bits per heavy atom. The van der Waals surface area contributed by atoms with E-state index in [1.54, 1.807) is 0 Å². The Labute approximate surface area is 160 Å². The number of aliphatic hydroxyl groups excluding tert-OH is 2. The second-order valence-corrected chi connectivity index (χ2v) is 11.9. The molecule has 0 saturated heterocycles. The first-order chi connectivity index (χ1) is 12.3. The molecule has 0 aromatic heterocycles. The highest BCUT2D eigenvalue weighted by Gasteiger charge is 2.79. The fraction of sp³-hybridized carbons (Fsp3) is 1.00. The zero-order chi connectivity index (χ0) is 18.4. The van der Waals surface area contributed by atoms with Gasteiger partial charge in [0.2, 0.25) is 0 Å². The maximum atomic E-state index is 10.7. The van der Waals surface area contributed by atoms with Gasteiger partial charge in [0.1, 0.15) is 0 Å². The highest BCUT2D eigenvalue weighted by molar-refractivity contribution is 5.28. The van der Waals surface area contributed by atoms with Gasteiger partial charge in [-0.25, -0.2) is 0 Å². The first-order valence-corrected chi connectivity index (χ1v) is 11.6. The maximum Gasteiger partial charge on any atom is 0.0594 e. The molecule has 2 nitrogen and oxygen atoms in total. The van der Waals surface area contributed by atoms with Crippen molar-refractivity contribution in [2.45, 2.75) is 97.5 Å². The molecule has 0 radical (unpaired) electrons. The lowest BCUT2D eigenvalue weighted by molar-refractivity contribution is -0.132. The first-order valence-electron chi connectivity index (χ1n) is 11.6. The van der Waals surface area contributed by atoms with Crippen molar-refractivity contribution in [1.29, 1.82) is 0 Å². The van der Waals surface area contributed by atoms with Gasteiger partial charge in [-0.1, -0.05) is 20.8 Å². The summed E-state index contributed by atoms with van der Waals surface area (Å²) in [6, 6.07) is 0. The molecular formula is C24H40O2. The average molecular weight is 361 g/mol. The van der Waals surface area contributed by atoms with Gasteiger partial charge in [0.15, 0.2) is 0 Å². The molecule has 0 aromatic rings. The van der Waals surface area contributed by atoms with Gasteiger partial charge in [-0.05, 0) is 116 Å². The Kier molecular flexibility index (Phi) is 3.80. The summed E-state index contributed by atoms with van der Waals surface area (Å²) in [5.74, 6) is 3.51. The van der Waals surface area contributed by atoms with Gasteiger partial charge >= 0.3 is 0 Å². The van der Waals surface area contributed by atoms with E-state index in [9.17, 15) is 10.2 Å². The van der Waals surface area contributed by atoms with Crippen LogP contribution in [0.3, 0.4) is 0 Å². The number of hydrogen-bond acceptors (Lipinski definition) is 2. The van der Waals surface area contributed by atoms with Crippen molar-refractivity contribution in [3.8, 4) is 0 Å². The molecular weight excluding hydrogens is 320 g/mol. The van der Waals surface area contributed by atoms with Crippen molar-refractivity contribution in [2.75, 3.05) is 6.61 Å². The van der Waals surface area contributed by atoms with Crippen LogP contribution in [-0.4, -0.2) is 22.9 Å². The molecule has 0 aromatic carbocycles. The lowest BCUT2D eigenvalue weighted by Gasteiger charge is -2.59. The molecule has 8 atom stereocenters. The van der Waals surface area contributed by atoms with E-state index in [-0.39, 0.29) is 11.5 Å². The molecule has 148 valence electrons. The van der Waals surface area contributed by atoms with Gasteiger partial charge in [0.05, 0.1) is 6.10 Å². The lowest BCUT2D eigenvalue weighted by Crippen LogP contribution is -2.54. The topological polar surface area (TPSA) is 40.5 Å². The smallest absolute Gasteiger partial charge is 0.0594 e. The number of aliphatic hydroxyl groups is 2. The summed E-state index contributed by atoms with van der Waals surface area (Å²) in [5.41, 5.74) is 1.89. The maximum absolute atomic E-state index is 10.7. The Hall–Kier alpha value is -0.0800. The van der Waals surface area contributed by atoms with Crippen molar-refractivity contribution in [1.82, 2.24) is 0 Å². The number of hydrogen-bond donors (Lipinski definition) is 2. The van der Waals surface area contributed by atoms with Gasteiger partial charge in [-0.3, -0.25) is 0 Å². The van der Waals surface area contributed by atoms with Gasteiger partial charge in [-0.2, -0.15) is 0 Å². The van der Waals surface area contributed by atoms with Crippen LogP contribution in [0.5, 0.6) is 0 Å². The van der Waals surface area contributed by atoms with E-state index < -0.39 is 0 Å². The van der Waals surface area contributed by atoms with Crippen LogP contribution in [0.2, 0.25) is 0 Å². The minimum Gasteiger partial charge on any atom is -0.396 e. The summed E-state index contributed by atoms with van der Waals surface area (Å²) in [7, 11) is 0. The summed E-state index contributed by atoms with van der Waals surface area (Å²) in [6.07, 6.45) is 14.5. The molecule has 5 saturated carbocycles. The molecule has 0 heterocycles. The summed E-state index contributed by atoms with van der Waals surface area (Å²) < 4.78 is 0. The summed E-state index contributed by atoms with van der Waals surface area (Å²) in [4.78, 5) is 0. The average Bonchev–Trinajstić information content (AvgIpc) is 3.16. The Morgan fingerprint density at radius 1 is 0.846 bits per heavy atom. The predicted molar refractivity (Wildman–Crippen MR) is 105 cm³/mol. The van der Waals surface area contributed by atoms with Crippen molar-refractivity contribution in [2.24, 2.45) is 45.3 Å². The van der Waals surface area contributed by atoms with Crippen molar-refractivity contribution in [3.63, 3.8) is 0 Å². The minimum atomic E-state index is -0.0875. The van der Waals surface area contributed by atoms with Crippen LogP contribution >= 0.6 is 0 Å². The van der Waals surface area contributed by atoms with Gasteiger partial charge in [-0.15, -0.1) is 0 Å². The first kappa shape index (κ1) is 18.0. The van der Waals surface area contributed by atoms with Crippen LogP contribution in [0, 0.1) is 45.3 Å². The molecule has 2 heteroatoms. The van der Waals surface area contributed by atoms with Crippen LogP contribution in [0.25, 0.3) is 0 Å². The third kappa shape index (κ3) is 1.97. The van der Waals surface area contributed by atoms with Crippen molar-refractivity contribution in [3.05, 3.63) is 0 Å². The Balaban J connectivity index is 1.43. The fourth-order valence-electron chi connectivity index (χ4n) is 9.79. The second kappa shape index (κ2) is 5.50. The third-order valence-electron chi connectivity index (χ3n) is 11.2. The predicted octanol–water partition coefficient (Wildman–Crippen LogP) is 5.17. The zero-order valence-corrected chi connectivity index (χ0v) is 17.3. The molecule has 2 spiro atoms. The Morgan fingerprint density at radius 2 is 1.62 bits per heavy atom. The number of rotatable bonds is 3. The Bertz CT molecular complexity index is 585. The van der Waals surface area contributed by atoms with Crippen LogP contribution in [-0.2, 0) is 0 Å². The largest absolute Gasteiger partial charge is 0.396 e. The highest BCUT2D eigenvalue weighted by atomic mass is 16.3. The molecule has 0 aliphatic heterocycles. The molecule has 5 aliphatic rings. The molecule has 5 aliphatic carbocycles. The van der Waals surface area contributed by atoms with Crippen LogP contribution in [0.4, 0.5) is 0 Å². The quantitative estimate of drug-likeness (QED) is 0.729. The molecule has 26 heavy (non-hydrogen) atoms. The van der Waals surface area contributed by atoms with E-state index in [0.717, 1.165) is 36.5 Å². The third-order valence-corrected chi connectivity index (χ3v) is 11.2. The van der Waals surface area contributed by atoms with E-state index >= 15 is 0 Å². The summed E-state index contributed by atoms with van der Waals surface area (Å²) in [5, 5.41) is 20.0. The van der Waals surface area contributed by atoms with Gasteiger partial charge in [0, 0.05) is 6.61 Å². The van der Waals surface area contributed by atoms with Gasteiger partial charge in [0.25, 0.3) is 0 Å². The van der Waals surface area contributed by atoms with Crippen LogP contribution in [0.1, 0.15) is 91.4 Å². The fourth-order valence-corrected chi connectivity index (χ4v) is 9.79. The van der Waals surface area contributed by atoms with Gasteiger partial charge < -0.3 is 10.2 Å². The standard InChI is InChI=1S/C24H40O2/c1-21(2)19-9-8-18-17-7-6-16(5-4-14-25)22(17,3)12-13-23(18)15-24(19,23)11-10-20(21)26/h16-20,25-26H,4-15H2,1-3H3. The van der Waals surface area contributed by atoms with Crippen molar-refractivity contribution < 1.29 is 10.2 Å². The molecule has 2 N–H and O–H groups in total. The van der Waals surface area contributed by atoms with Crippen LogP contribution in [0.15, 0.2) is 0 Å². The van der Waals surface area contributed by atoms with E-state index in [4.69, 9.17) is 0 Å². The summed E-state index contributed by atoms with van der Waals surface area (Å²) in [6.45, 7) is 7.72. The van der Waals surface area contributed by atoms with E-state index in [2.05, 4.69) is 20.8 Å². The molecule has 5 fully saturated rings. The normalized spacial score (nSPS) is 56.9. The molecule has 0 bridgehead atoms. The van der Waals surface area contributed by atoms with E-state index in [1.807, 2.05) is 0 Å².